The van der Waals surface area contributed by atoms with Crippen molar-refractivity contribution in [3.8, 4) is 5.69 Å². The molecule has 0 fully saturated rings. The van der Waals surface area contributed by atoms with Gasteiger partial charge in [0.1, 0.15) is 11.0 Å². The average Bonchev–Trinajstić information content (AvgIpc) is 3.17. The summed E-state index contributed by atoms with van der Waals surface area (Å²) in [6.45, 7) is 1.96. The molecule has 1 aromatic heterocycles. The quantitative estimate of drug-likeness (QED) is 0.473. The monoisotopic (exact) mass is 378 g/mol. The van der Waals surface area contributed by atoms with Crippen LogP contribution in [-0.2, 0) is 0 Å². The van der Waals surface area contributed by atoms with Crippen molar-refractivity contribution in [2.24, 2.45) is 0 Å². The minimum atomic E-state index is -0.145. The van der Waals surface area contributed by atoms with Crippen molar-refractivity contribution in [3.05, 3.63) is 96.1 Å². The molecule has 5 rings (SSSR count). The Bertz CT molecular complexity index is 1360. The van der Waals surface area contributed by atoms with E-state index in [-0.39, 0.29) is 5.91 Å². The molecule has 0 bridgehead atoms. The average molecular weight is 378 g/mol. The van der Waals surface area contributed by atoms with E-state index in [2.05, 4.69) is 15.5 Å². The zero-order valence-electron chi connectivity index (χ0n) is 15.8. The Labute approximate surface area is 167 Å². The number of hydrogen-bond donors (Lipinski definition) is 1. The summed E-state index contributed by atoms with van der Waals surface area (Å²) in [6, 6.07) is 27.3. The number of hydrogen-bond acceptors (Lipinski definition) is 3. The highest BCUT2D eigenvalue weighted by atomic mass is 16.1. The highest BCUT2D eigenvalue weighted by Gasteiger charge is 2.12. The molecule has 0 aliphatic carbocycles. The van der Waals surface area contributed by atoms with E-state index < -0.39 is 0 Å². The fourth-order valence-electron chi connectivity index (χ4n) is 3.40. The third-order valence-electron chi connectivity index (χ3n) is 4.97. The molecule has 0 unspecified atom stereocenters. The molecule has 0 saturated heterocycles. The summed E-state index contributed by atoms with van der Waals surface area (Å²) in [5, 5.41) is 14.3. The lowest BCUT2D eigenvalue weighted by Gasteiger charge is -2.09. The summed E-state index contributed by atoms with van der Waals surface area (Å²) in [6.07, 6.45) is 0. The van der Waals surface area contributed by atoms with Gasteiger partial charge in [-0.15, -0.1) is 10.2 Å². The fourth-order valence-corrected chi connectivity index (χ4v) is 3.40. The van der Waals surface area contributed by atoms with Gasteiger partial charge in [0.2, 0.25) is 0 Å². The number of carbonyl (C=O) groups is 1. The summed E-state index contributed by atoms with van der Waals surface area (Å²) in [7, 11) is 0. The Hall–Kier alpha value is -3.99. The van der Waals surface area contributed by atoms with E-state index in [1.165, 1.54) is 0 Å². The molecule has 0 aliphatic heterocycles. The number of aryl methyl sites for hydroxylation is 1. The van der Waals surface area contributed by atoms with Crippen LogP contribution in [0, 0.1) is 6.92 Å². The van der Waals surface area contributed by atoms with Gasteiger partial charge in [-0.1, -0.05) is 48.5 Å². The zero-order chi connectivity index (χ0) is 19.8. The number of benzene rings is 4. The number of carbonyl (C=O) groups excluding carboxylic acids is 1. The Kier molecular flexibility index (Phi) is 4.06. The fraction of sp³-hybridized carbons (Fsp3) is 0.0417. The van der Waals surface area contributed by atoms with Crippen molar-refractivity contribution in [2.75, 3.05) is 5.32 Å². The van der Waals surface area contributed by atoms with Crippen LogP contribution in [0.1, 0.15) is 15.9 Å². The number of nitrogens with one attached hydrogen (secondary N) is 1. The van der Waals surface area contributed by atoms with Gasteiger partial charge in [-0.25, -0.2) is 0 Å². The van der Waals surface area contributed by atoms with Crippen LogP contribution in [0.4, 0.5) is 5.69 Å². The molecule has 5 heteroatoms. The van der Waals surface area contributed by atoms with E-state index >= 15 is 0 Å². The summed E-state index contributed by atoms with van der Waals surface area (Å²) >= 11 is 0. The van der Waals surface area contributed by atoms with Gasteiger partial charge in [-0.3, -0.25) is 4.79 Å². The van der Waals surface area contributed by atoms with Gasteiger partial charge in [0, 0.05) is 11.3 Å². The Balaban J connectivity index is 1.47. The van der Waals surface area contributed by atoms with Gasteiger partial charge >= 0.3 is 0 Å². The standard InChI is InChI=1S/C24H18N4O/c1-16-13-22-23(27-28(26-22)20-9-3-2-4-10-20)15-21(16)25-24(29)19-12-11-17-7-5-6-8-18(17)14-19/h2-15H,1H3,(H,25,29). The molecule has 5 nitrogen and oxygen atoms in total. The van der Waals surface area contributed by atoms with Crippen LogP contribution in [0.15, 0.2) is 84.9 Å². The number of amides is 1. The molecule has 1 N–H and O–H groups in total. The largest absolute Gasteiger partial charge is 0.322 e. The van der Waals surface area contributed by atoms with Crippen LogP contribution < -0.4 is 5.32 Å². The maximum atomic E-state index is 12.8. The number of nitrogens with zero attached hydrogens (tertiary/aromatic N) is 3. The van der Waals surface area contributed by atoms with Crippen molar-refractivity contribution in [3.63, 3.8) is 0 Å². The highest BCUT2D eigenvalue weighted by Crippen LogP contribution is 2.23. The molecule has 0 spiro atoms. The van der Waals surface area contributed by atoms with Crippen LogP contribution in [-0.4, -0.2) is 20.9 Å². The Morgan fingerprint density at radius 2 is 1.48 bits per heavy atom. The van der Waals surface area contributed by atoms with Crippen LogP contribution >= 0.6 is 0 Å². The first-order chi connectivity index (χ1) is 14.2. The number of anilines is 1. The Morgan fingerprint density at radius 1 is 0.793 bits per heavy atom. The second kappa shape index (κ2) is 6.87. The molecule has 1 amide bonds. The molecule has 5 aromatic rings. The second-order valence-electron chi connectivity index (χ2n) is 7.00. The summed E-state index contributed by atoms with van der Waals surface area (Å²) in [5.74, 6) is -0.145. The van der Waals surface area contributed by atoms with Gasteiger partial charge < -0.3 is 5.32 Å². The van der Waals surface area contributed by atoms with E-state index in [0.29, 0.717) is 5.56 Å². The highest BCUT2D eigenvalue weighted by molar-refractivity contribution is 6.07. The third kappa shape index (κ3) is 3.23. The second-order valence-corrected chi connectivity index (χ2v) is 7.00. The smallest absolute Gasteiger partial charge is 0.255 e. The maximum absolute atomic E-state index is 12.8. The van der Waals surface area contributed by atoms with Gasteiger partial charge in [-0.2, -0.15) is 4.80 Å². The van der Waals surface area contributed by atoms with Crippen molar-refractivity contribution in [1.82, 2.24) is 15.0 Å². The molecule has 29 heavy (non-hydrogen) atoms. The van der Waals surface area contributed by atoms with Crippen molar-refractivity contribution >= 4 is 33.4 Å². The van der Waals surface area contributed by atoms with Crippen LogP contribution in [0.25, 0.3) is 27.5 Å². The van der Waals surface area contributed by atoms with E-state index in [9.17, 15) is 4.79 Å². The first-order valence-electron chi connectivity index (χ1n) is 9.41. The predicted molar refractivity (Wildman–Crippen MR) is 116 cm³/mol. The van der Waals surface area contributed by atoms with E-state index in [1.54, 1.807) is 4.80 Å². The van der Waals surface area contributed by atoms with E-state index in [4.69, 9.17) is 0 Å². The van der Waals surface area contributed by atoms with E-state index in [1.807, 2.05) is 91.9 Å². The maximum Gasteiger partial charge on any atom is 0.255 e. The molecular formula is C24H18N4O. The molecule has 4 aromatic carbocycles. The van der Waals surface area contributed by atoms with Crippen LogP contribution in [0.2, 0.25) is 0 Å². The first-order valence-corrected chi connectivity index (χ1v) is 9.41. The van der Waals surface area contributed by atoms with Gasteiger partial charge in [0.05, 0.1) is 5.69 Å². The molecule has 1 heterocycles. The number of fused-ring (bicyclic) bond motifs is 2. The Morgan fingerprint density at radius 3 is 2.28 bits per heavy atom. The van der Waals surface area contributed by atoms with Crippen LogP contribution in [0.3, 0.4) is 0 Å². The molecule has 0 aliphatic rings. The lowest BCUT2D eigenvalue weighted by molar-refractivity contribution is 0.102. The molecule has 140 valence electrons. The van der Waals surface area contributed by atoms with Gasteiger partial charge in [-0.05, 0) is 59.7 Å². The van der Waals surface area contributed by atoms with Crippen LogP contribution in [0.5, 0.6) is 0 Å². The lowest BCUT2D eigenvalue weighted by Crippen LogP contribution is -2.12. The van der Waals surface area contributed by atoms with Crippen molar-refractivity contribution < 1.29 is 4.79 Å². The number of rotatable bonds is 3. The van der Waals surface area contributed by atoms with Gasteiger partial charge in [0.15, 0.2) is 0 Å². The normalized spacial score (nSPS) is 11.1. The summed E-state index contributed by atoms with van der Waals surface area (Å²) in [4.78, 5) is 14.4. The molecule has 0 saturated carbocycles. The minimum absolute atomic E-state index is 0.145. The topological polar surface area (TPSA) is 59.8 Å². The predicted octanol–water partition coefficient (Wildman–Crippen LogP) is 5.13. The number of para-hydroxylation sites is 1. The summed E-state index contributed by atoms with van der Waals surface area (Å²) in [5.41, 5.74) is 4.70. The van der Waals surface area contributed by atoms with Crippen molar-refractivity contribution in [1.29, 1.82) is 0 Å². The number of aromatic nitrogens is 3. The third-order valence-corrected chi connectivity index (χ3v) is 4.97. The summed E-state index contributed by atoms with van der Waals surface area (Å²) < 4.78 is 0. The van der Waals surface area contributed by atoms with E-state index in [0.717, 1.165) is 38.7 Å². The van der Waals surface area contributed by atoms with Crippen molar-refractivity contribution in [2.45, 2.75) is 6.92 Å². The van der Waals surface area contributed by atoms with Gasteiger partial charge in [0.25, 0.3) is 5.91 Å². The SMILES string of the molecule is Cc1cc2nn(-c3ccccc3)nc2cc1NC(=O)c1ccc2ccccc2c1. The molecule has 0 radical (unpaired) electrons. The molecular weight excluding hydrogens is 360 g/mol. The lowest BCUT2D eigenvalue weighted by atomic mass is 10.1. The zero-order valence-corrected chi connectivity index (χ0v) is 15.8. The molecule has 0 atom stereocenters. The first kappa shape index (κ1) is 17.1. The minimum Gasteiger partial charge on any atom is -0.322 e.